The zero-order chi connectivity index (χ0) is 57.3. The molecule has 0 spiro atoms. The minimum absolute atomic E-state index is 0. The Hall–Kier alpha value is -0.254. The van der Waals surface area contributed by atoms with Crippen molar-refractivity contribution in [2.75, 3.05) is 0 Å². The second kappa shape index (κ2) is 27.3. The smallest absolute Gasteiger partial charge is 0.870 e. The van der Waals surface area contributed by atoms with Crippen LogP contribution in [0.2, 0.25) is 0 Å². The summed E-state index contributed by atoms with van der Waals surface area (Å²) in [4.78, 5) is 13.1. The molecule has 10 aliphatic rings. The van der Waals surface area contributed by atoms with E-state index < -0.39 is 23.6 Å². The minimum atomic E-state index is -4.54. The van der Waals surface area contributed by atoms with E-state index in [-0.39, 0.29) is 136 Å². The number of alkyl halides is 6. The van der Waals surface area contributed by atoms with Gasteiger partial charge in [-0.3, -0.25) is 0 Å². The number of fused-ring (bicyclic) bond motifs is 10. The van der Waals surface area contributed by atoms with Crippen molar-refractivity contribution in [3.8, 4) is 0 Å². The van der Waals surface area contributed by atoms with Crippen molar-refractivity contribution in [3.05, 3.63) is 35.9 Å². The molecule has 0 unspecified atom stereocenters. The van der Waals surface area contributed by atoms with Gasteiger partial charge in [0.05, 0.1) is 11.7 Å². The van der Waals surface area contributed by atoms with Gasteiger partial charge in [-0.05, 0) is 284 Å². The number of carbonyl (C=O) groups is 1. The Labute approximate surface area is 540 Å². The maximum atomic E-state index is 13.8. The zero-order valence-electron chi connectivity index (χ0n) is 51.6. The predicted molar refractivity (Wildman–Crippen MR) is 313 cm³/mol. The quantitative estimate of drug-likeness (QED) is 0.109. The first kappa shape index (κ1) is 70.2. The van der Waals surface area contributed by atoms with E-state index in [1.54, 1.807) is 0 Å². The van der Waals surface area contributed by atoms with Crippen LogP contribution in [0.5, 0.6) is 0 Å². The van der Waals surface area contributed by atoms with E-state index in [1.807, 2.05) is 30.3 Å². The average molecular weight is 1200 g/mol. The van der Waals surface area contributed by atoms with Crippen molar-refractivity contribution >= 4 is 5.97 Å². The van der Waals surface area contributed by atoms with Crippen LogP contribution >= 0.6 is 0 Å². The molecule has 11 rings (SSSR count). The molecule has 470 valence electrons. The van der Waals surface area contributed by atoms with E-state index in [1.165, 1.54) is 83.5 Å². The molecule has 4 N–H and O–H groups in total. The molecule has 10 saturated carbocycles. The standard InChI is InChI=1S/C38H55F3O3.C31H51F3O2.CH4.K.H2O/c1-25(14-19-33(26-10-6-4-7-11-26)44-34(42)27-12-8-5-9-13-27)30-17-18-31-29-16-15-28-24-37(43,38(39,40)41)23-22-35(28,2)32(29)20-21-36(30,31)3;1-20(9-14-27(35)21-7-5-4-6-8-21)24-12-13-25-23-11-10-22-19-30(36,31(32,33)34)18-17-28(22,2)26(23)15-16-29(24,25)3;;;/h5,8-9,12-13,25-26,28-33,43H,4,6-7,10-11,14-24H2,1-3H3;20-27,35-36H,4-19H2,1-3H3;1H4;;1H2/q;;;+1;/p-1/t25-,28+,29+,30-,31+,32+,33-,35+,36-,37+;20-,22+,23+,24-,25+,26+,27-,28+,29-,30+;;;/m11.../s1. The Morgan fingerprint density at radius 3 is 1.37 bits per heavy atom. The summed E-state index contributed by atoms with van der Waals surface area (Å²) in [5.74, 6) is 6.75. The van der Waals surface area contributed by atoms with Crippen LogP contribution in [0.3, 0.4) is 0 Å². The van der Waals surface area contributed by atoms with Gasteiger partial charge in [0.2, 0.25) is 0 Å². The van der Waals surface area contributed by atoms with Crippen LogP contribution in [-0.2, 0) is 4.74 Å². The molecule has 0 radical (unpaired) electrons. The monoisotopic (exact) mass is 1200 g/mol. The van der Waals surface area contributed by atoms with E-state index >= 15 is 0 Å². The Morgan fingerprint density at radius 2 is 0.940 bits per heavy atom. The third-order valence-electron chi connectivity index (χ3n) is 27.5. The molecule has 10 aliphatic carbocycles. The van der Waals surface area contributed by atoms with Crippen molar-refractivity contribution < 1.29 is 108 Å². The van der Waals surface area contributed by atoms with Crippen molar-refractivity contribution in [2.45, 2.75) is 290 Å². The molecule has 20 atom stereocenters. The molecular weight excluding hydrogens is 1090 g/mol. The summed E-state index contributed by atoms with van der Waals surface area (Å²) in [7, 11) is 0. The zero-order valence-corrected chi connectivity index (χ0v) is 54.7. The van der Waals surface area contributed by atoms with Gasteiger partial charge in [0.25, 0.3) is 0 Å². The number of aliphatic hydroxyl groups is 3. The van der Waals surface area contributed by atoms with Crippen molar-refractivity contribution in [2.24, 2.45) is 105 Å². The molecule has 1 aromatic carbocycles. The molecule has 0 amide bonds. The van der Waals surface area contributed by atoms with Gasteiger partial charge < -0.3 is 25.5 Å². The molecule has 1 aromatic rings. The summed E-state index contributed by atoms with van der Waals surface area (Å²) in [6.07, 6.45) is 21.0. The van der Waals surface area contributed by atoms with Gasteiger partial charge in [-0.15, -0.1) is 0 Å². The van der Waals surface area contributed by atoms with Crippen LogP contribution in [-0.4, -0.2) is 62.5 Å². The van der Waals surface area contributed by atoms with E-state index in [0.29, 0.717) is 94.8 Å². The molecule has 10 fully saturated rings. The summed E-state index contributed by atoms with van der Waals surface area (Å²) in [6, 6.07) is 9.40. The molecule has 0 bridgehead atoms. The maximum absolute atomic E-state index is 13.8. The van der Waals surface area contributed by atoms with Crippen LogP contribution in [0, 0.1) is 105 Å². The molecule has 0 saturated heterocycles. The Balaban J connectivity index is 0.000000234. The van der Waals surface area contributed by atoms with E-state index in [2.05, 4.69) is 41.5 Å². The van der Waals surface area contributed by atoms with Gasteiger partial charge in [0, 0.05) is 0 Å². The molecule has 13 heteroatoms. The number of hydrogen-bond acceptors (Lipinski definition) is 6. The first-order valence-electron chi connectivity index (χ1n) is 33.3. The summed E-state index contributed by atoms with van der Waals surface area (Å²) >= 11 is 0. The summed E-state index contributed by atoms with van der Waals surface area (Å²) < 4.78 is 88.5. The number of hydrogen-bond donors (Lipinski definition) is 3. The average Bonchev–Trinajstić information content (AvgIpc) is 2.87. The van der Waals surface area contributed by atoms with Crippen LogP contribution in [0.25, 0.3) is 0 Å². The molecule has 0 aromatic heterocycles. The van der Waals surface area contributed by atoms with Crippen molar-refractivity contribution in [1.82, 2.24) is 0 Å². The van der Waals surface area contributed by atoms with Gasteiger partial charge >= 0.3 is 69.7 Å². The molecule has 6 nitrogen and oxygen atoms in total. The minimum Gasteiger partial charge on any atom is -0.870 e. The fourth-order valence-corrected chi connectivity index (χ4v) is 22.7. The third-order valence-corrected chi connectivity index (χ3v) is 27.5. The number of carbonyl (C=O) groups excluding carboxylic acids is 1. The summed E-state index contributed by atoms with van der Waals surface area (Å²) in [5, 5.41) is 31.9. The second-order valence-corrected chi connectivity index (χ2v) is 31.0. The Bertz CT molecular complexity index is 2240. The number of ether oxygens (including phenoxy) is 1. The van der Waals surface area contributed by atoms with Crippen LogP contribution < -0.4 is 51.4 Å². The van der Waals surface area contributed by atoms with Gasteiger partial charge in [-0.1, -0.05) is 106 Å². The number of rotatable bonds is 12. The van der Waals surface area contributed by atoms with Gasteiger partial charge in [0.1, 0.15) is 6.10 Å². The van der Waals surface area contributed by atoms with Gasteiger partial charge in [-0.2, -0.15) is 26.3 Å². The third kappa shape index (κ3) is 13.6. The SMILES string of the molecule is C.C[C@H](CC[C@@H](O)C1CCCCC1)[C@H]1CC[C@H]2[C@@H]3CC[C@H]4C[C@](O)(C(F)(F)F)CC[C@]4(C)[C@H]3CC[C@]12C.C[C@H](CC[C@@H](OC(=O)c1ccccc1)C1CCCCC1)[C@H]1CC[C@H]2[C@@H]3CC[C@H]4C[C@](O)(C(F)(F)F)CC[C@]4(C)[C@H]3CC[C@]12C.[K+].[OH-]. The van der Waals surface area contributed by atoms with Crippen molar-refractivity contribution in [3.63, 3.8) is 0 Å². The molecule has 83 heavy (non-hydrogen) atoms. The van der Waals surface area contributed by atoms with Crippen LogP contribution in [0.4, 0.5) is 26.3 Å². The predicted octanol–water partition coefficient (Wildman–Crippen LogP) is 15.9. The van der Waals surface area contributed by atoms with E-state index in [4.69, 9.17) is 4.74 Å². The number of benzene rings is 1. The number of aliphatic hydroxyl groups excluding tert-OH is 1. The second-order valence-electron chi connectivity index (χ2n) is 31.0. The Morgan fingerprint density at radius 1 is 0.530 bits per heavy atom. The molecular formula is C70H111F6KO6. The maximum Gasteiger partial charge on any atom is 1.00 e. The summed E-state index contributed by atoms with van der Waals surface area (Å²) in [5.41, 5.74) is -3.91. The van der Waals surface area contributed by atoms with Crippen LogP contribution in [0.1, 0.15) is 265 Å². The first-order valence-corrected chi connectivity index (χ1v) is 33.3. The first-order chi connectivity index (χ1) is 37.7. The fourth-order valence-electron chi connectivity index (χ4n) is 22.7. The number of halogens is 6. The van der Waals surface area contributed by atoms with Gasteiger partial charge in [0.15, 0.2) is 11.2 Å². The van der Waals surface area contributed by atoms with E-state index in [0.717, 1.165) is 83.5 Å². The molecule has 0 heterocycles. The largest absolute Gasteiger partial charge is 1.00 e. The number of esters is 1. The van der Waals surface area contributed by atoms with Crippen molar-refractivity contribution in [1.29, 1.82) is 0 Å². The van der Waals surface area contributed by atoms with Gasteiger partial charge in [-0.25, -0.2) is 4.79 Å². The summed E-state index contributed by atoms with van der Waals surface area (Å²) in [6.45, 7) is 14.5. The fraction of sp³-hybridized carbons (Fsp3) is 0.900. The Kier molecular flexibility index (Phi) is 23.1. The van der Waals surface area contributed by atoms with Crippen LogP contribution in [0.15, 0.2) is 30.3 Å². The van der Waals surface area contributed by atoms with E-state index in [9.17, 15) is 46.5 Å². The topological polar surface area (TPSA) is 117 Å². The molecule has 0 aliphatic heterocycles. The normalized spacial score (nSPS) is 42.2.